The average Bonchev–Trinajstić information content (AvgIpc) is 2.85. The zero-order valence-corrected chi connectivity index (χ0v) is 17.1. The summed E-state index contributed by atoms with van der Waals surface area (Å²) in [4.78, 5) is 0. The van der Waals surface area contributed by atoms with Crippen molar-refractivity contribution in [3.63, 3.8) is 0 Å². The maximum absolute atomic E-state index is 15.7. The smallest absolute Gasteiger partial charge is 0.509 e. The van der Waals surface area contributed by atoms with Crippen molar-refractivity contribution < 1.29 is 32.3 Å². The fourth-order valence-electron chi connectivity index (χ4n) is 4.16. The van der Waals surface area contributed by atoms with Gasteiger partial charge in [-0.05, 0) is 16.7 Å². The van der Waals surface area contributed by atoms with Gasteiger partial charge in [0.15, 0.2) is 11.6 Å². The molecule has 0 saturated heterocycles. The highest BCUT2D eigenvalue weighted by atomic mass is 19.2. The van der Waals surface area contributed by atoms with Crippen molar-refractivity contribution >= 4 is 7.32 Å². The zero-order chi connectivity index (χ0) is 23.6. The molecule has 3 nitrogen and oxygen atoms in total. The van der Waals surface area contributed by atoms with Gasteiger partial charge >= 0.3 is 7.32 Å². The van der Waals surface area contributed by atoms with Crippen molar-refractivity contribution in [1.82, 2.24) is 0 Å². The van der Waals surface area contributed by atoms with Crippen LogP contribution in [0, 0.1) is 23.3 Å². The van der Waals surface area contributed by atoms with E-state index in [4.69, 9.17) is 4.65 Å². The largest absolute Gasteiger partial charge is 0.707 e. The lowest BCUT2D eigenvalue weighted by atomic mass is 9.64. The number of halogens is 4. The molecule has 166 valence electrons. The van der Waals surface area contributed by atoms with Crippen LogP contribution >= 0.6 is 0 Å². The molecule has 4 aromatic carbocycles. The SMILES string of the molecule is OB(O)Oc1c(F)c(F)c(F)c(F)c1C(c1ccccc1)(c1ccccc1)c1ccccc1. The van der Waals surface area contributed by atoms with Crippen molar-refractivity contribution in [2.45, 2.75) is 5.41 Å². The summed E-state index contributed by atoms with van der Waals surface area (Å²) in [5, 5.41) is 18.8. The van der Waals surface area contributed by atoms with Crippen LogP contribution in [0.2, 0.25) is 0 Å². The summed E-state index contributed by atoms with van der Waals surface area (Å²) in [5.74, 6) is -8.94. The highest BCUT2D eigenvalue weighted by Crippen LogP contribution is 2.50. The van der Waals surface area contributed by atoms with E-state index in [9.17, 15) is 18.8 Å². The molecule has 0 spiro atoms. The summed E-state index contributed by atoms with van der Waals surface area (Å²) in [5.41, 5.74) is -1.36. The maximum atomic E-state index is 15.7. The second kappa shape index (κ2) is 9.09. The van der Waals surface area contributed by atoms with Crippen molar-refractivity contribution in [1.29, 1.82) is 0 Å². The lowest BCUT2D eigenvalue weighted by Gasteiger charge is -2.38. The Balaban J connectivity index is 2.28. The first kappa shape index (κ1) is 22.6. The van der Waals surface area contributed by atoms with Crippen LogP contribution in [0.5, 0.6) is 5.75 Å². The Kier molecular flexibility index (Phi) is 6.22. The van der Waals surface area contributed by atoms with E-state index in [0.717, 1.165) is 0 Å². The minimum absolute atomic E-state index is 0.379. The van der Waals surface area contributed by atoms with Crippen LogP contribution in [-0.4, -0.2) is 17.4 Å². The number of benzene rings is 4. The van der Waals surface area contributed by atoms with E-state index >= 15 is 8.78 Å². The van der Waals surface area contributed by atoms with Crippen molar-refractivity contribution in [3.05, 3.63) is 137 Å². The van der Waals surface area contributed by atoms with Crippen LogP contribution < -0.4 is 4.65 Å². The average molecular weight is 452 g/mol. The molecule has 0 aliphatic heterocycles. The molecule has 0 radical (unpaired) electrons. The minimum Gasteiger partial charge on any atom is -0.509 e. The molecule has 0 aliphatic rings. The Morgan fingerprint density at radius 3 is 1.27 bits per heavy atom. The van der Waals surface area contributed by atoms with Crippen LogP contribution in [0.4, 0.5) is 17.6 Å². The fourth-order valence-corrected chi connectivity index (χ4v) is 4.16. The van der Waals surface area contributed by atoms with E-state index in [0.29, 0.717) is 16.7 Å². The van der Waals surface area contributed by atoms with Crippen LogP contribution in [0.25, 0.3) is 0 Å². The molecule has 33 heavy (non-hydrogen) atoms. The molecule has 2 N–H and O–H groups in total. The van der Waals surface area contributed by atoms with Crippen LogP contribution in [0.3, 0.4) is 0 Å². The molecule has 0 aliphatic carbocycles. The Labute approximate surface area is 187 Å². The quantitative estimate of drug-likeness (QED) is 0.143. The molecular formula is C25H17BF4O3. The van der Waals surface area contributed by atoms with Crippen LogP contribution in [0.15, 0.2) is 91.0 Å². The normalized spacial score (nSPS) is 11.3. The van der Waals surface area contributed by atoms with Gasteiger partial charge in [-0.3, -0.25) is 0 Å². The molecule has 0 bridgehead atoms. The number of hydrogen-bond acceptors (Lipinski definition) is 3. The lowest BCUT2D eigenvalue weighted by Crippen LogP contribution is -2.35. The van der Waals surface area contributed by atoms with E-state index in [1.165, 1.54) is 0 Å². The second-order valence-electron chi connectivity index (χ2n) is 7.25. The fraction of sp³-hybridized carbons (Fsp3) is 0.0400. The van der Waals surface area contributed by atoms with Crippen LogP contribution in [-0.2, 0) is 5.41 Å². The van der Waals surface area contributed by atoms with E-state index in [1.807, 2.05) is 0 Å². The van der Waals surface area contributed by atoms with E-state index in [-0.39, 0.29) is 0 Å². The van der Waals surface area contributed by atoms with E-state index in [1.54, 1.807) is 91.0 Å². The Bertz CT molecular complexity index is 1160. The third kappa shape index (κ3) is 3.77. The molecule has 0 saturated carbocycles. The van der Waals surface area contributed by atoms with Gasteiger partial charge in [0.2, 0.25) is 11.6 Å². The molecule has 8 heteroatoms. The first-order chi connectivity index (χ1) is 15.9. The Morgan fingerprint density at radius 1 is 0.545 bits per heavy atom. The summed E-state index contributed by atoms with van der Waals surface area (Å²) < 4.78 is 64.4. The van der Waals surface area contributed by atoms with E-state index in [2.05, 4.69) is 0 Å². The number of rotatable bonds is 6. The van der Waals surface area contributed by atoms with E-state index < -0.39 is 47.3 Å². The molecule has 0 heterocycles. The first-order valence-corrected chi connectivity index (χ1v) is 9.94. The Morgan fingerprint density at radius 2 is 0.909 bits per heavy atom. The highest BCUT2D eigenvalue weighted by Gasteiger charge is 2.46. The van der Waals surface area contributed by atoms with Gasteiger partial charge in [0.1, 0.15) is 5.75 Å². The van der Waals surface area contributed by atoms with Crippen molar-refractivity contribution in [2.24, 2.45) is 0 Å². The van der Waals surface area contributed by atoms with Gasteiger partial charge in [0.25, 0.3) is 0 Å². The highest BCUT2D eigenvalue weighted by molar-refractivity contribution is 6.33. The summed E-state index contributed by atoms with van der Waals surface area (Å²) in [6.07, 6.45) is 0. The minimum atomic E-state index is -2.62. The zero-order valence-electron chi connectivity index (χ0n) is 17.1. The lowest BCUT2D eigenvalue weighted by molar-refractivity contribution is 0.271. The summed E-state index contributed by atoms with van der Waals surface area (Å²) in [6, 6.07) is 24.8. The monoisotopic (exact) mass is 452 g/mol. The number of hydrogen-bond donors (Lipinski definition) is 2. The van der Waals surface area contributed by atoms with Gasteiger partial charge in [-0.2, -0.15) is 4.39 Å². The third-order valence-corrected chi connectivity index (χ3v) is 5.44. The topological polar surface area (TPSA) is 49.7 Å². The van der Waals surface area contributed by atoms with Crippen LogP contribution in [0.1, 0.15) is 22.3 Å². The molecule has 0 unspecified atom stereocenters. The predicted molar refractivity (Wildman–Crippen MR) is 115 cm³/mol. The standard InChI is InChI=1S/C25H17BF4O3/c27-20-19(24(33-26(31)32)23(30)22(29)21(20)28)25(16-10-4-1-5-11-16,17-12-6-2-7-13-17)18-14-8-3-9-15-18/h1-15,31-32H. The third-order valence-electron chi connectivity index (χ3n) is 5.44. The van der Waals surface area contributed by atoms with Gasteiger partial charge in [0.05, 0.1) is 11.0 Å². The summed E-state index contributed by atoms with van der Waals surface area (Å²) >= 11 is 0. The second-order valence-corrected chi connectivity index (χ2v) is 7.25. The molecular weight excluding hydrogens is 435 g/mol. The summed E-state index contributed by atoms with van der Waals surface area (Å²) in [7, 11) is -2.62. The summed E-state index contributed by atoms with van der Waals surface area (Å²) in [6.45, 7) is 0. The van der Waals surface area contributed by atoms with Crippen molar-refractivity contribution in [2.75, 3.05) is 0 Å². The van der Waals surface area contributed by atoms with Gasteiger partial charge in [0, 0.05) is 0 Å². The van der Waals surface area contributed by atoms with Gasteiger partial charge in [-0.25, -0.2) is 13.2 Å². The van der Waals surface area contributed by atoms with Gasteiger partial charge in [-0.15, -0.1) is 0 Å². The maximum Gasteiger partial charge on any atom is 0.707 e. The molecule has 0 fully saturated rings. The predicted octanol–water partition coefficient (Wildman–Crippen LogP) is 4.97. The Hall–Kier alpha value is -3.62. The molecule has 0 amide bonds. The van der Waals surface area contributed by atoms with Gasteiger partial charge < -0.3 is 14.7 Å². The van der Waals surface area contributed by atoms with Gasteiger partial charge in [-0.1, -0.05) is 91.0 Å². The molecule has 4 aromatic rings. The van der Waals surface area contributed by atoms with Crippen molar-refractivity contribution in [3.8, 4) is 5.75 Å². The molecule has 0 aromatic heterocycles. The first-order valence-electron chi connectivity index (χ1n) is 9.94. The molecule has 0 atom stereocenters. The molecule has 4 rings (SSSR count).